The van der Waals surface area contributed by atoms with Crippen molar-refractivity contribution in [1.82, 2.24) is 4.98 Å². The van der Waals surface area contributed by atoms with Crippen molar-refractivity contribution in [3.8, 4) is 0 Å². The maximum Gasteiger partial charge on any atom is 0.1000 e. The predicted molar refractivity (Wildman–Crippen MR) is 65.5 cm³/mol. The normalized spacial score (nSPS) is 17.3. The second-order valence-electron chi connectivity index (χ2n) is 5.04. The van der Waals surface area contributed by atoms with Crippen molar-refractivity contribution >= 4 is 11.3 Å². The molecule has 0 atom stereocenters. The van der Waals surface area contributed by atoms with E-state index in [1.54, 1.807) is 0 Å². The van der Waals surface area contributed by atoms with Gasteiger partial charge in [-0.2, -0.15) is 0 Å². The molecular formula is C12H20N2S. The highest BCUT2D eigenvalue weighted by atomic mass is 32.1. The number of thiazole rings is 1. The van der Waals surface area contributed by atoms with Crippen LogP contribution in [0.1, 0.15) is 48.7 Å². The molecule has 0 radical (unpaired) electrons. The monoisotopic (exact) mass is 224 g/mol. The summed E-state index contributed by atoms with van der Waals surface area (Å²) in [5, 5.41) is 1.23. The lowest BCUT2D eigenvalue weighted by Crippen LogP contribution is -2.27. The molecule has 2 nitrogen and oxygen atoms in total. The summed E-state index contributed by atoms with van der Waals surface area (Å²) in [4.78, 5) is 6.31. The van der Waals surface area contributed by atoms with Crippen molar-refractivity contribution in [2.24, 2.45) is 5.73 Å². The summed E-state index contributed by atoms with van der Waals surface area (Å²) in [7, 11) is 0. The van der Waals surface area contributed by atoms with Crippen molar-refractivity contribution in [2.75, 3.05) is 6.54 Å². The molecule has 0 spiro atoms. The van der Waals surface area contributed by atoms with E-state index in [0.29, 0.717) is 6.54 Å². The quantitative estimate of drug-likeness (QED) is 0.784. The van der Waals surface area contributed by atoms with E-state index in [2.05, 4.69) is 13.8 Å². The average Bonchev–Trinajstić information content (AvgIpc) is 2.51. The molecule has 2 N–H and O–H groups in total. The summed E-state index contributed by atoms with van der Waals surface area (Å²) >= 11 is 1.89. The maximum absolute atomic E-state index is 5.79. The van der Waals surface area contributed by atoms with Crippen LogP contribution in [0.25, 0.3) is 0 Å². The highest BCUT2D eigenvalue weighted by Gasteiger charge is 2.25. The number of nitrogens with two attached hydrogens (primary N) is 1. The van der Waals surface area contributed by atoms with Crippen LogP contribution >= 0.6 is 11.3 Å². The highest BCUT2D eigenvalue weighted by Crippen LogP contribution is 2.32. The first-order valence-electron chi connectivity index (χ1n) is 5.82. The van der Waals surface area contributed by atoms with Crippen LogP contribution in [0.5, 0.6) is 0 Å². The summed E-state index contributed by atoms with van der Waals surface area (Å²) in [5.74, 6) is 0. The van der Waals surface area contributed by atoms with E-state index in [0.717, 1.165) is 0 Å². The van der Waals surface area contributed by atoms with E-state index in [4.69, 9.17) is 10.7 Å². The molecule has 1 aromatic rings. The van der Waals surface area contributed by atoms with Crippen LogP contribution in [-0.4, -0.2) is 11.5 Å². The lowest BCUT2D eigenvalue weighted by molar-refractivity contribution is 0.533. The number of hydrogen-bond donors (Lipinski definition) is 1. The Morgan fingerprint density at radius 1 is 1.27 bits per heavy atom. The molecule has 1 aliphatic rings. The van der Waals surface area contributed by atoms with Crippen molar-refractivity contribution in [2.45, 2.75) is 51.4 Å². The van der Waals surface area contributed by atoms with Gasteiger partial charge in [0.05, 0.1) is 10.7 Å². The molecule has 0 saturated carbocycles. The van der Waals surface area contributed by atoms with E-state index in [9.17, 15) is 0 Å². The molecule has 0 unspecified atom stereocenters. The Morgan fingerprint density at radius 2 is 2.00 bits per heavy atom. The number of aryl methyl sites for hydroxylation is 2. The molecule has 0 aromatic carbocycles. The first-order chi connectivity index (χ1) is 7.13. The van der Waals surface area contributed by atoms with Crippen molar-refractivity contribution < 1.29 is 0 Å². The third kappa shape index (κ3) is 2.23. The van der Waals surface area contributed by atoms with Gasteiger partial charge in [-0.3, -0.25) is 0 Å². The Balaban J connectivity index is 2.29. The summed E-state index contributed by atoms with van der Waals surface area (Å²) in [6, 6.07) is 0. The minimum Gasteiger partial charge on any atom is -0.330 e. The van der Waals surface area contributed by atoms with Crippen LogP contribution in [0, 0.1) is 0 Å². The Labute approximate surface area is 95.9 Å². The SMILES string of the molecule is CC(C)(CN)c1nc2c(s1)CCCCC2. The summed E-state index contributed by atoms with van der Waals surface area (Å²) in [6.45, 7) is 5.05. The molecule has 2 rings (SSSR count). The van der Waals surface area contributed by atoms with Crippen LogP contribution in [0.3, 0.4) is 0 Å². The van der Waals surface area contributed by atoms with Gasteiger partial charge in [-0.05, 0) is 25.7 Å². The molecule has 0 amide bonds. The topological polar surface area (TPSA) is 38.9 Å². The van der Waals surface area contributed by atoms with Gasteiger partial charge >= 0.3 is 0 Å². The summed E-state index contributed by atoms with van der Waals surface area (Å²) < 4.78 is 0. The summed E-state index contributed by atoms with van der Waals surface area (Å²) in [6.07, 6.45) is 6.40. The lowest BCUT2D eigenvalue weighted by atomic mass is 9.95. The molecule has 1 heterocycles. The van der Waals surface area contributed by atoms with Crippen molar-refractivity contribution in [3.63, 3.8) is 0 Å². The zero-order valence-corrected chi connectivity index (χ0v) is 10.5. The fourth-order valence-electron chi connectivity index (χ4n) is 1.91. The minimum absolute atomic E-state index is 0.0524. The van der Waals surface area contributed by atoms with Crippen LogP contribution in [-0.2, 0) is 18.3 Å². The highest BCUT2D eigenvalue weighted by molar-refractivity contribution is 7.11. The zero-order chi connectivity index (χ0) is 10.9. The van der Waals surface area contributed by atoms with Crippen LogP contribution < -0.4 is 5.73 Å². The van der Waals surface area contributed by atoms with E-state index in [1.165, 1.54) is 47.7 Å². The molecule has 0 saturated heterocycles. The first kappa shape index (κ1) is 11.1. The third-order valence-corrected chi connectivity index (χ3v) is 4.71. The maximum atomic E-state index is 5.79. The van der Waals surface area contributed by atoms with Gasteiger partial charge in [-0.1, -0.05) is 20.3 Å². The first-order valence-corrected chi connectivity index (χ1v) is 6.64. The number of fused-ring (bicyclic) bond motifs is 1. The van der Waals surface area contributed by atoms with E-state index in [-0.39, 0.29) is 5.41 Å². The number of hydrogen-bond acceptors (Lipinski definition) is 3. The van der Waals surface area contributed by atoms with Gasteiger partial charge < -0.3 is 5.73 Å². The lowest BCUT2D eigenvalue weighted by Gasteiger charge is -2.18. The standard InChI is InChI=1S/C12H20N2S/c1-12(2,8-13)11-14-9-6-4-3-5-7-10(9)15-11/h3-8,13H2,1-2H3. The predicted octanol–water partition coefficient (Wildman–Crippen LogP) is 2.65. The third-order valence-electron chi connectivity index (χ3n) is 3.18. The summed E-state index contributed by atoms with van der Waals surface area (Å²) in [5.41, 5.74) is 7.20. The number of aromatic nitrogens is 1. The molecule has 1 aliphatic carbocycles. The van der Waals surface area contributed by atoms with Gasteiger partial charge in [0.1, 0.15) is 0 Å². The minimum atomic E-state index is 0.0524. The molecule has 84 valence electrons. The Kier molecular flexibility index (Phi) is 3.12. The molecule has 3 heteroatoms. The smallest absolute Gasteiger partial charge is 0.1000 e. The Morgan fingerprint density at radius 3 is 2.73 bits per heavy atom. The van der Waals surface area contributed by atoms with E-state index in [1.807, 2.05) is 11.3 Å². The zero-order valence-electron chi connectivity index (χ0n) is 9.68. The van der Waals surface area contributed by atoms with Gasteiger partial charge in [0.2, 0.25) is 0 Å². The average molecular weight is 224 g/mol. The van der Waals surface area contributed by atoms with E-state index < -0.39 is 0 Å². The van der Waals surface area contributed by atoms with Crippen LogP contribution in [0.4, 0.5) is 0 Å². The van der Waals surface area contributed by atoms with Crippen molar-refractivity contribution in [1.29, 1.82) is 0 Å². The van der Waals surface area contributed by atoms with E-state index >= 15 is 0 Å². The van der Waals surface area contributed by atoms with Crippen LogP contribution in [0.2, 0.25) is 0 Å². The van der Waals surface area contributed by atoms with Crippen LogP contribution in [0.15, 0.2) is 0 Å². The number of rotatable bonds is 2. The van der Waals surface area contributed by atoms with Gasteiger partial charge in [0.25, 0.3) is 0 Å². The molecule has 0 fully saturated rings. The molecule has 1 aromatic heterocycles. The fraction of sp³-hybridized carbons (Fsp3) is 0.750. The molecule has 0 aliphatic heterocycles. The second-order valence-corrected chi connectivity index (χ2v) is 6.12. The fourth-order valence-corrected chi connectivity index (χ4v) is 3.17. The van der Waals surface area contributed by atoms with Gasteiger partial charge in [-0.25, -0.2) is 4.98 Å². The van der Waals surface area contributed by atoms with Crippen molar-refractivity contribution in [3.05, 3.63) is 15.6 Å². The molecule has 0 bridgehead atoms. The largest absolute Gasteiger partial charge is 0.330 e. The Hall–Kier alpha value is -0.410. The molecular weight excluding hydrogens is 204 g/mol. The second kappa shape index (κ2) is 4.22. The number of nitrogens with zero attached hydrogens (tertiary/aromatic N) is 1. The van der Waals surface area contributed by atoms with Gasteiger partial charge in [0.15, 0.2) is 0 Å². The van der Waals surface area contributed by atoms with Gasteiger partial charge in [-0.15, -0.1) is 11.3 Å². The van der Waals surface area contributed by atoms with Gasteiger partial charge in [0, 0.05) is 16.8 Å². The Bertz CT molecular complexity index is 318. The molecule has 15 heavy (non-hydrogen) atoms.